The maximum absolute atomic E-state index is 12.4. The van der Waals surface area contributed by atoms with E-state index in [1.165, 1.54) is 12.1 Å². The fraction of sp³-hybridized carbons (Fsp3) is 0.467. The Hall–Kier alpha value is -2.12. The van der Waals surface area contributed by atoms with Gasteiger partial charge in [-0.25, -0.2) is 4.79 Å². The smallest absolute Gasteiger partial charge is 0.434 e. The first-order chi connectivity index (χ1) is 10.7. The highest BCUT2D eigenvalue weighted by atomic mass is 16.7. The van der Waals surface area contributed by atoms with E-state index in [0.29, 0.717) is 31.1 Å². The summed E-state index contributed by atoms with van der Waals surface area (Å²) in [6.07, 6.45) is -0.782. The molecule has 1 N–H and O–H groups in total. The molecular weight excluding hydrogens is 290 g/mol. The van der Waals surface area contributed by atoms with Crippen molar-refractivity contribution in [1.29, 1.82) is 0 Å². The standard InChI is InChI=1S/C15H19NO6/c1-2-21-15(19)22-13-5-3-11(4-6-13)14(18)16-7-8-20-10-12(16)9-17/h3-6,12,17H,2,7-10H2,1H3. The van der Waals surface area contributed by atoms with Crippen LogP contribution in [0.3, 0.4) is 0 Å². The largest absolute Gasteiger partial charge is 0.513 e. The van der Waals surface area contributed by atoms with Crippen molar-refractivity contribution in [3.63, 3.8) is 0 Å². The summed E-state index contributed by atoms with van der Waals surface area (Å²) in [5, 5.41) is 9.31. The second kappa shape index (κ2) is 7.77. The third-order valence-corrected chi connectivity index (χ3v) is 3.26. The van der Waals surface area contributed by atoms with Gasteiger partial charge < -0.3 is 24.2 Å². The Kier molecular flexibility index (Phi) is 5.74. The van der Waals surface area contributed by atoms with E-state index < -0.39 is 6.16 Å². The second-order valence-electron chi connectivity index (χ2n) is 4.72. The van der Waals surface area contributed by atoms with E-state index in [0.717, 1.165) is 0 Å². The molecular formula is C15H19NO6. The summed E-state index contributed by atoms with van der Waals surface area (Å²) in [6, 6.07) is 5.86. The molecule has 0 bridgehead atoms. The molecule has 1 heterocycles. The van der Waals surface area contributed by atoms with E-state index in [1.54, 1.807) is 24.0 Å². The Labute approximate surface area is 128 Å². The van der Waals surface area contributed by atoms with Crippen LogP contribution < -0.4 is 4.74 Å². The van der Waals surface area contributed by atoms with E-state index in [2.05, 4.69) is 4.74 Å². The van der Waals surface area contributed by atoms with Crippen LogP contribution in [0.1, 0.15) is 17.3 Å². The molecule has 1 aromatic rings. The Morgan fingerprint density at radius 2 is 2.09 bits per heavy atom. The van der Waals surface area contributed by atoms with Gasteiger partial charge in [-0.05, 0) is 31.2 Å². The molecule has 1 fully saturated rings. The first-order valence-electron chi connectivity index (χ1n) is 7.10. The Bertz CT molecular complexity index is 515. The number of hydrogen-bond acceptors (Lipinski definition) is 6. The average Bonchev–Trinajstić information content (AvgIpc) is 2.55. The van der Waals surface area contributed by atoms with Crippen molar-refractivity contribution >= 4 is 12.1 Å². The number of carbonyl (C=O) groups is 2. The zero-order chi connectivity index (χ0) is 15.9. The summed E-state index contributed by atoms with van der Waals surface area (Å²) in [5.41, 5.74) is 0.455. The highest BCUT2D eigenvalue weighted by molar-refractivity contribution is 5.94. The fourth-order valence-corrected chi connectivity index (χ4v) is 2.15. The van der Waals surface area contributed by atoms with Crippen molar-refractivity contribution in [2.45, 2.75) is 13.0 Å². The Morgan fingerprint density at radius 1 is 1.36 bits per heavy atom. The third-order valence-electron chi connectivity index (χ3n) is 3.26. The lowest BCUT2D eigenvalue weighted by Gasteiger charge is -2.34. The first kappa shape index (κ1) is 16.3. The van der Waals surface area contributed by atoms with Crippen LogP contribution in [0.5, 0.6) is 5.75 Å². The van der Waals surface area contributed by atoms with Gasteiger partial charge in [-0.1, -0.05) is 0 Å². The van der Waals surface area contributed by atoms with E-state index >= 15 is 0 Å². The summed E-state index contributed by atoms with van der Waals surface area (Å²) in [6.45, 7) is 2.98. The molecule has 1 aromatic carbocycles. The lowest BCUT2D eigenvalue weighted by molar-refractivity contribution is -0.0183. The van der Waals surface area contributed by atoms with Gasteiger partial charge in [0.05, 0.1) is 32.5 Å². The molecule has 1 amide bonds. The number of amides is 1. The zero-order valence-electron chi connectivity index (χ0n) is 12.4. The van der Waals surface area contributed by atoms with Crippen molar-refractivity contribution in [3.05, 3.63) is 29.8 Å². The van der Waals surface area contributed by atoms with Gasteiger partial charge in [0.15, 0.2) is 0 Å². The molecule has 0 radical (unpaired) electrons. The first-order valence-corrected chi connectivity index (χ1v) is 7.10. The summed E-state index contributed by atoms with van der Waals surface area (Å²) >= 11 is 0. The summed E-state index contributed by atoms with van der Waals surface area (Å²) in [4.78, 5) is 25.2. The molecule has 120 valence electrons. The molecule has 0 aliphatic carbocycles. The van der Waals surface area contributed by atoms with Crippen molar-refractivity contribution in [2.75, 3.05) is 33.0 Å². The predicted octanol–water partition coefficient (Wildman–Crippen LogP) is 1.06. The Morgan fingerprint density at radius 3 is 2.73 bits per heavy atom. The average molecular weight is 309 g/mol. The van der Waals surface area contributed by atoms with Gasteiger partial charge in [0.1, 0.15) is 5.75 Å². The molecule has 1 unspecified atom stereocenters. The quantitative estimate of drug-likeness (QED) is 0.661. The van der Waals surface area contributed by atoms with Crippen LogP contribution in [0.15, 0.2) is 24.3 Å². The number of aliphatic hydroxyl groups excluding tert-OH is 1. The summed E-state index contributed by atoms with van der Waals surface area (Å²) in [7, 11) is 0. The van der Waals surface area contributed by atoms with E-state index in [1.807, 2.05) is 0 Å². The fourth-order valence-electron chi connectivity index (χ4n) is 2.15. The molecule has 0 saturated carbocycles. The summed E-state index contributed by atoms with van der Waals surface area (Å²) < 4.78 is 14.9. The number of aliphatic hydroxyl groups is 1. The third kappa shape index (κ3) is 3.96. The molecule has 7 nitrogen and oxygen atoms in total. The van der Waals surface area contributed by atoms with Gasteiger partial charge in [0.2, 0.25) is 0 Å². The monoisotopic (exact) mass is 309 g/mol. The number of hydrogen-bond donors (Lipinski definition) is 1. The minimum absolute atomic E-state index is 0.143. The topological polar surface area (TPSA) is 85.3 Å². The maximum atomic E-state index is 12.4. The molecule has 1 aliphatic heterocycles. The molecule has 22 heavy (non-hydrogen) atoms. The van der Waals surface area contributed by atoms with Gasteiger partial charge in [0.25, 0.3) is 5.91 Å². The predicted molar refractivity (Wildman–Crippen MR) is 76.8 cm³/mol. The highest BCUT2D eigenvalue weighted by Gasteiger charge is 2.27. The summed E-state index contributed by atoms with van der Waals surface area (Å²) in [5.74, 6) is 0.112. The van der Waals surface area contributed by atoms with Crippen LogP contribution in [0.4, 0.5) is 4.79 Å². The van der Waals surface area contributed by atoms with Crippen LogP contribution in [-0.2, 0) is 9.47 Å². The number of carbonyl (C=O) groups excluding carboxylic acids is 2. The van der Waals surface area contributed by atoms with Crippen LogP contribution >= 0.6 is 0 Å². The number of rotatable bonds is 4. The van der Waals surface area contributed by atoms with Gasteiger partial charge in [-0.3, -0.25) is 4.79 Å². The highest BCUT2D eigenvalue weighted by Crippen LogP contribution is 2.17. The molecule has 1 atom stereocenters. The number of nitrogens with zero attached hydrogens (tertiary/aromatic N) is 1. The van der Waals surface area contributed by atoms with Crippen molar-refractivity contribution in [2.24, 2.45) is 0 Å². The van der Waals surface area contributed by atoms with E-state index in [9.17, 15) is 14.7 Å². The second-order valence-corrected chi connectivity index (χ2v) is 4.72. The SMILES string of the molecule is CCOC(=O)Oc1ccc(C(=O)N2CCOCC2CO)cc1. The Balaban J connectivity index is 2.02. The van der Waals surface area contributed by atoms with Crippen molar-refractivity contribution in [3.8, 4) is 5.75 Å². The molecule has 1 aliphatic rings. The number of morpholine rings is 1. The number of ether oxygens (including phenoxy) is 3. The van der Waals surface area contributed by atoms with Crippen molar-refractivity contribution in [1.82, 2.24) is 4.90 Å². The molecule has 7 heteroatoms. The number of benzene rings is 1. The van der Waals surface area contributed by atoms with Crippen LogP contribution in [0.2, 0.25) is 0 Å². The van der Waals surface area contributed by atoms with Crippen molar-refractivity contribution < 1.29 is 28.9 Å². The lowest BCUT2D eigenvalue weighted by Crippen LogP contribution is -2.50. The minimum Gasteiger partial charge on any atom is -0.434 e. The van der Waals surface area contributed by atoms with Gasteiger partial charge >= 0.3 is 6.16 Å². The zero-order valence-corrected chi connectivity index (χ0v) is 12.4. The lowest BCUT2D eigenvalue weighted by atomic mass is 10.1. The van der Waals surface area contributed by atoms with Gasteiger partial charge in [-0.2, -0.15) is 0 Å². The van der Waals surface area contributed by atoms with Gasteiger partial charge in [0, 0.05) is 12.1 Å². The maximum Gasteiger partial charge on any atom is 0.513 e. The molecule has 0 aromatic heterocycles. The van der Waals surface area contributed by atoms with E-state index in [4.69, 9.17) is 9.47 Å². The minimum atomic E-state index is -0.782. The normalized spacial score (nSPS) is 17.9. The van der Waals surface area contributed by atoms with Crippen LogP contribution in [0, 0.1) is 0 Å². The molecule has 0 spiro atoms. The van der Waals surface area contributed by atoms with Gasteiger partial charge in [-0.15, -0.1) is 0 Å². The van der Waals surface area contributed by atoms with Crippen LogP contribution in [0.25, 0.3) is 0 Å². The molecule has 1 saturated heterocycles. The van der Waals surface area contributed by atoms with Crippen LogP contribution in [-0.4, -0.2) is 61.1 Å². The van der Waals surface area contributed by atoms with E-state index in [-0.39, 0.29) is 25.2 Å². The molecule has 2 rings (SSSR count).